The summed E-state index contributed by atoms with van der Waals surface area (Å²) < 4.78 is 5.82. The van der Waals surface area contributed by atoms with Gasteiger partial charge in [0.25, 0.3) is 5.56 Å². The first-order chi connectivity index (χ1) is 14.5. The quantitative estimate of drug-likeness (QED) is 0.722. The highest BCUT2D eigenvalue weighted by atomic mass is 16.5. The number of nitrogens with one attached hydrogen (secondary N) is 1. The van der Waals surface area contributed by atoms with Crippen molar-refractivity contribution in [2.75, 3.05) is 24.5 Å². The Kier molecular flexibility index (Phi) is 5.00. The summed E-state index contributed by atoms with van der Waals surface area (Å²) in [6.07, 6.45) is 2.90. The van der Waals surface area contributed by atoms with Crippen LogP contribution in [-0.2, 0) is 24.2 Å². The molecule has 2 aromatic heterocycles. The molecule has 0 radical (unpaired) electrons. The monoisotopic (exact) mass is 405 g/mol. The SMILES string of the molecule is C[C@@H]1CN(c2nc3c(c(=O)[nH]2)CCN(Cc2cnc4ccccc4c2)C3)C[C@@H](C)O1. The third kappa shape index (κ3) is 3.82. The van der Waals surface area contributed by atoms with Crippen molar-refractivity contribution in [1.82, 2.24) is 19.9 Å². The van der Waals surface area contributed by atoms with Crippen molar-refractivity contribution in [3.05, 3.63) is 63.7 Å². The zero-order chi connectivity index (χ0) is 20.7. The molecule has 0 bridgehead atoms. The molecular formula is C23H27N5O2. The normalized spacial score (nSPS) is 22.3. The molecule has 2 atom stereocenters. The third-order valence-electron chi connectivity index (χ3n) is 5.91. The van der Waals surface area contributed by atoms with Crippen molar-refractivity contribution in [3.8, 4) is 0 Å². The standard InChI is InChI=1S/C23H27N5O2/c1-15-11-28(12-16(2)30-15)23-25-21-14-27(8-7-19(21)22(29)26-23)13-17-9-18-5-3-4-6-20(18)24-10-17/h3-6,9-10,15-16H,7-8,11-14H2,1-2H3,(H,25,26,29)/t15-,16-/m1/s1. The van der Waals surface area contributed by atoms with E-state index in [1.807, 2.05) is 24.4 Å². The van der Waals surface area contributed by atoms with Gasteiger partial charge in [-0.05, 0) is 38.0 Å². The first-order valence-electron chi connectivity index (χ1n) is 10.6. The molecule has 3 aromatic rings. The molecule has 2 aliphatic heterocycles. The number of benzene rings is 1. The van der Waals surface area contributed by atoms with Gasteiger partial charge in [-0.1, -0.05) is 18.2 Å². The highest BCUT2D eigenvalue weighted by molar-refractivity contribution is 5.78. The largest absolute Gasteiger partial charge is 0.372 e. The van der Waals surface area contributed by atoms with Crippen LogP contribution in [0, 0.1) is 0 Å². The minimum Gasteiger partial charge on any atom is -0.372 e. The molecule has 1 N–H and O–H groups in total. The van der Waals surface area contributed by atoms with Crippen molar-refractivity contribution in [3.63, 3.8) is 0 Å². The molecule has 0 amide bonds. The maximum absolute atomic E-state index is 12.7. The van der Waals surface area contributed by atoms with E-state index in [4.69, 9.17) is 9.72 Å². The van der Waals surface area contributed by atoms with Crippen LogP contribution in [0.4, 0.5) is 5.95 Å². The number of anilines is 1. The molecule has 1 saturated heterocycles. The van der Waals surface area contributed by atoms with Crippen molar-refractivity contribution < 1.29 is 4.74 Å². The van der Waals surface area contributed by atoms with Gasteiger partial charge in [-0.25, -0.2) is 4.98 Å². The number of rotatable bonds is 3. The molecule has 7 nitrogen and oxygen atoms in total. The van der Waals surface area contributed by atoms with Gasteiger partial charge in [-0.2, -0.15) is 0 Å². The van der Waals surface area contributed by atoms with E-state index in [2.05, 4.69) is 45.7 Å². The zero-order valence-corrected chi connectivity index (χ0v) is 17.5. The van der Waals surface area contributed by atoms with Gasteiger partial charge in [0.05, 0.1) is 23.4 Å². The Bertz CT molecular complexity index is 1120. The Hall–Kier alpha value is -2.77. The molecule has 156 valence electrons. The van der Waals surface area contributed by atoms with Crippen molar-refractivity contribution in [2.24, 2.45) is 0 Å². The fraction of sp³-hybridized carbons (Fsp3) is 0.435. The van der Waals surface area contributed by atoms with Crippen LogP contribution >= 0.6 is 0 Å². The number of aromatic amines is 1. The number of hydrogen-bond donors (Lipinski definition) is 1. The Balaban J connectivity index is 1.37. The molecule has 5 rings (SSSR count). The lowest BCUT2D eigenvalue weighted by atomic mass is 10.1. The molecule has 30 heavy (non-hydrogen) atoms. The molecule has 7 heteroatoms. The van der Waals surface area contributed by atoms with Crippen LogP contribution < -0.4 is 10.5 Å². The molecule has 1 fully saturated rings. The first kappa shape index (κ1) is 19.2. The van der Waals surface area contributed by atoms with Gasteiger partial charge in [0.15, 0.2) is 0 Å². The Labute approximate surface area is 175 Å². The molecule has 0 spiro atoms. The number of ether oxygens (including phenoxy) is 1. The van der Waals surface area contributed by atoms with Gasteiger partial charge in [0, 0.05) is 49.9 Å². The second-order valence-corrected chi connectivity index (χ2v) is 8.47. The summed E-state index contributed by atoms with van der Waals surface area (Å²) in [4.78, 5) is 29.6. The van der Waals surface area contributed by atoms with Gasteiger partial charge >= 0.3 is 0 Å². The molecule has 2 aliphatic rings. The van der Waals surface area contributed by atoms with Crippen molar-refractivity contribution >= 4 is 16.9 Å². The highest BCUT2D eigenvalue weighted by Crippen LogP contribution is 2.21. The number of para-hydroxylation sites is 1. The van der Waals surface area contributed by atoms with E-state index in [0.717, 1.165) is 54.8 Å². The molecule has 1 aromatic carbocycles. The van der Waals surface area contributed by atoms with Crippen LogP contribution in [0.2, 0.25) is 0 Å². The molecule has 0 aliphatic carbocycles. The number of hydrogen-bond acceptors (Lipinski definition) is 6. The summed E-state index contributed by atoms with van der Waals surface area (Å²) in [6.45, 7) is 7.89. The van der Waals surface area contributed by atoms with Crippen LogP contribution in [0.25, 0.3) is 10.9 Å². The van der Waals surface area contributed by atoms with E-state index in [0.29, 0.717) is 12.5 Å². The van der Waals surface area contributed by atoms with Crippen molar-refractivity contribution in [1.29, 1.82) is 0 Å². The van der Waals surface area contributed by atoms with Crippen LogP contribution in [0.15, 0.2) is 41.3 Å². The van der Waals surface area contributed by atoms with Gasteiger partial charge in [-0.15, -0.1) is 0 Å². The number of H-pyrrole nitrogens is 1. The summed E-state index contributed by atoms with van der Waals surface area (Å²) in [5.74, 6) is 0.662. The second kappa shape index (κ2) is 7.81. The summed E-state index contributed by atoms with van der Waals surface area (Å²) in [6, 6.07) is 10.4. The average molecular weight is 406 g/mol. The zero-order valence-electron chi connectivity index (χ0n) is 17.5. The smallest absolute Gasteiger partial charge is 0.255 e. The van der Waals surface area contributed by atoms with Crippen LogP contribution in [0.5, 0.6) is 0 Å². The van der Waals surface area contributed by atoms with Gasteiger partial charge < -0.3 is 9.64 Å². The minimum atomic E-state index is -0.00572. The topological polar surface area (TPSA) is 74.4 Å². The number of morpholine rings is 1. The summed E-state index contributed by atoms with van der Waals surface area (Å²) in [5, 5.41) is 1.15. The fourth-order valence-corrected chi connectivity index (χ4v) is 4.58. The van der Waals surface area contributed by atoms with Crippen LogP contribution in [-0.4, -0.2) is 51.7 Å². The lowest BCUT2D eigenvalue weighted by molar-refractivity contribution is -0.00576. The van der Waals surface area contributed by atoms with Crippen molar-refractivity contribution in [2.45, 2.75) is 45.6 Å². The van der Waals surface area contributed by atoms with Gasteiger partial charge in [0.1, 0.15) is 0 Å². The maximum Gasteiger partial charge on any atom is 0.255 e. The van der Waals surface area contributed by atoms with Crippen LogP contribution in [0.1, 0.15) is 30.7 Å². The average Bonchev–Trinajstić information content (AvgIpc) is 2.73. The van der Waals surface area contributed by atoms with E-state index in [1.54, 1.807) is 0 Å². The number of pyridine rings is 1. The molecule has 4 heterocycles. The number of aromatic nitrogens is 3. The fourth-order valence-electron chi connectivity index (χ4n) is 4.58. The number of fused-ring (bicyclic) bond motifs is 2. The van der Waals surface area contributed by atoms with E-state index in [9.17, 15) is 4.79 Å². The number of nitrogens with zero attached hydrogens (tertiary/aromatic N) is 4. The van der Waals surface area contributed by atoms with E-state index in [-0.39, 0.29) is 17.8 Å². The third-order valence-corrected chi connectivity index (χ3v) is 5.91. The highest BCUT2D eigenvalue weighted by Gasteiger charge is 2.27. The van der Waals surface area contributed by atoms with E-state index in [1.165, 1.54) is 5.56 Å². The van der Waals surface area contributed by atoms with Crippen LogP contribution in [0.3, 0.4) is 0 Å². The lowest BCUT2D eigenvalue weighted by Crippen LogP contribution is -2.47. The molecular weight excluding hydrogens is 378 g/mol. The predicted octanol–water partition coefficient (Wildman–Crippen LogP) is 2.49. The first-order valence-corrected chi connectivity index (χ1v) is 10.6. The minimum absolute atomic E-state index is 0.00572. The predicted molar refractivity (Wildman–Crippen MR) is 117 cm³/mol. The second-order valence-electron chi connectivity index (χ2n) is 8.47. The molecule has 0 unspecified atom stereocenters. The summed E-state index contributed by atoms with van der Waals surface area (Å²) in [7, 11) is 0. The Morgan fingerprint density at radius 1 is 1.20 bits per heavy atom. The molecule has 0 saturated carbocycles. The van der Waals surface area contributed by atoms with Gasteiger partial charge in [0.2, 0.25) is 5.95 Å². The summed E-state index contributed by atoms with van der Waals surface area (Å²) >= 11 is 0. The van der Waals surface area contributed by atoms with Gasteiger partial charge in [-0.3, -0.25) is 19.7 Å². The lowest BCUT2D eigenvalue weighted by Gasteiger charge is -2.36. The Morgan fingerprint density at radius 3 is 2.83 bits per heavy atom. The summed E-state index contributed by atoms with van der Waals surface area (Å²) in [5.41, 5.74) is 3.89. The van der Waals surface area contributed by atoms with E-state index >= 15 is 0 Å². The Morgan fingerprint density at radius 2 is 2.00 bits per heavy atom. The van der Waals surface area contributed by atoms with E-state index < -0.39 is 0 Å². The maximum atomic E-state index is 12.7.